The van der Waals surface area contributed by atoms with E-state index in [0.717, 1.165) is 26.1 Å². The molecule has 0 atom stereocenters. The van der Waals surface area contributed by atoms with Gasteiger partial charge in [0.05, 0.1) is 6.67 Å². The van der Waals surface area contributed by atoms with E-state index < -0.39 is 0 Å². The number of hydrogen-bond acceptors (Lipinski definition) is 1. The molecular formula is C8H19FO. The topological polar surface area (TPSA) is 9.23 Å². The Kier molecular flexibility index (Phi) is 20.0. The minimum absolute atomic E-state index is 0.156. The van der Waals surface area contributed by atoms with Crippen LogP contribution in [0.5, 0.6) is 0 Å². The van der Waals surface area contributed by atoms with Crippen LogP contribution in [0.4, 0.5) is 4.39 Å². The Bertz CT molecular complexity index is 30.2. The summed E-state index contributed by atoms with van der Waals surface area (Å²) in [5.74, 6) is 0. The highest BCUT2D eigenvalue weighted by molar-refractivity contribution is 4.23. The van der Waals surface area contributed by atoms with Gasteiger partial charge >= 0.3 is 0 Å². The van der Waals surface area contributed by atoms with Gasteiger partial charge < -0.3 is 4.74 Å². The van der Waals surface area contributed by atoms with E-state index in [4.69, 9.17) is 4.74 Å². The molecule has 64 valence electrons. The fraction of sp³-hybridized carbons (Fsp3) is 1.00. The standard InChI is InChI=1S/C4H9F.C4H10O/c1-2-3-4-5;1-3-5-4-2/h2-4H2,1H3;3-4H2,1-2H3. The fourth-order valence-corrected chi connectivity index (χ4v) is 0.338. The second kappa shape index (κ2) is 16.0. The molecule has 0 aromatic carbocycles. The highest BCUT2D eigenvalue weighted by Crippen LogP contribution is 1.83. The SMILES string of the molecule is CCCCF.CCOCC. The van der Waals surface area contributed by atoms with Gasteiger partial charge in [-0.25, -0.2) is 0 Å². The number of rotatable bonds is 4. The van der Waals surface area contributed by atoms with Gasteiger partial charge in [-0.2, -0.15) is 0 Å². The zero-order valence-corrected chi connectivity index (χ0v) is 7.32. The summed E-state index contributed by atoms with van der Waals surface area (Å²) in [6, 6.07) is 0. The maximum Gasteiger partial charge on any atom is 0.0894 e. The molecule has 0 rings (SSSR count). The van der Waals surface area contributed by atoms with Crippen LogP contribution in [0, 0.1) is 0 Å². The molecule has 0 heterocycles. The van der Waals surface area contributed by atoms with Crippen molar-refractivity contribution in [2.45, 2.75) is 33.6 Å². The van der Waals surface area contributed by atoms with E-state index in [1.165, 1.54) is 0 Å². The van der Waals surface area contributed by atoms with Crippen LogP contribution in [-0.4, -0.2) is 19.9 Å². The molecule has 2 heteroatoms. The minimum atomic E-state index is -0.156. The van der Waals surface area contributed by atoms with Crippen LogP contribution in [0.2, 0.25) is 0 Å². The van der Waals surface area contributed by atoms with Crippen LogP contribution in [0.15, 0.2) is 0 Å². The molecule has 0 aromatic heterocycles. The summed E-state index contributed by atoms with van der Waals surface area (Å²) < 4.78 is 15.8. The summed E-state index contributed by atoms with van der Waals surface area (Å²) in [4.78, 5) is 0. The molecule has 1 nitrogen and oxygen atoms in total. The summed E-state index contributed by atoms with van der Waals surface area (Å²) in [7, 11) is 0. The van der Waals surface area contributed by atoms with Crippen LogP contribution in [-0.2, 0) is 4.74 Å². The number of unbranched alkanes of at least 4 members (excludes halogenated alkanes) is 1. The molecular weight excluding hydrogens is 131 g/mol. The molecule has 0 saturated heterocycles. The van der Waals surface area contributed by atoms with Gasteiger partial charge in [0, 0.05) is 13.2 Å². The van der Waals surface area contributed by atoms with Gasteiger partial charge in [-0.1, -0.05) is 13.3 Å². The molecule has 0 aliphatic rings. The van der Waals surface area contributed by atoms with E-state index >= 15 is 0 Å². The van der Waals surface area contributed by atoms with Crippen molar-refractivity contribution in [3.8, 4) is 0 Å². The average molecular weight is 150 g/mol. The van der Waals surface area contributed by atoms with Crippen LogP contribution in [0.25, 0.3) is 0 Å². The summed E-state index contributed by atoms with van der Waals surface area (Å²) in [6.45, 7) is 7.48. The first-order valence-electron chi connectivity index (χ1n) is 3.97. The van der Waals surface area contributed by atoms with Gasteiger partial charge in [0.1, 0.15) is 0 Å². The molecule has 0 saturated carbocycles. The molecule has 0 fully saturated rings. The summed E-state index contributed by atoms with van der Waals surface area (Å²) in [6.07, 6.45) is 1.69. The van der Waals surface area contributed by atoms with E-state index in [1.807, 2.05) is 20.8 Å². The zero-order chi connectivity index (χ0) is 8.24. The monoisotopic (exact) mass is 150 g/mol. The van der Waals surface area contributed by atoms with E-state index in [1.54, 1.807) is 0 Å². The average Bonchev–Trinajstić information content (AvgIpc) is 1.93. The third-order valence-electron chi connectivity index (χ3n) is 0.895. The molecule has 0 amide bonds. The van der Waals surface area contributed by atoms with Gasteiger partial charge in [-0.3, -0.25) is 4.39 Å². The first kappa shape index (κ1) is 12.6. The highest BCUT2D eigenvalue weighted by Gasteiger charge is 1.71. The van der Waals surface area contributed by atoms with Crippen molar-refractivity contribution in [1.82, 2.24) is 0 Å². The van der Waals surface area contributed by atoms with E-state index in [9.17, 15) is 4.39 Å². The number of halogens is 1. The first-order chi connectivity index (χ1) is 4.83. The number of alkyl halides is 1. The van der Waals surface area contributed by atoms with E-state index in [2.05, 4.69) is 0 Å². The van der Waals surface area contributed by atoms with Gasteiger partial charge in [0.25, 0.3) is 0 Å². The predicted octanol–water partition coefficient (Wildman–Crippen LogP) is 2.80. The Morgan fingerprint density at radius 2 is 1.60 bits per heavy atom. The molecule has 10 heavy (non-hydrogen) atoms. The Hall–Kier alpha value is -0.110. The lowest BCUT2D eigenvalue weighted by Crippen LogP contribution is -1.84. The van der Waals surface area contributed by atoms with Gasteiger partial charge in [0.15, 0.2) is 0 Å². The zero-order valence-electron chi connectivity index (χ0n) is 7.32. The van der Waals surface area contributed by atoms with E-state index in [0.29, 0.717) is 0 Å². The third kappa shape index (κ3) is 24.8. The fourth-order valence-electron chi connectivity index (χ4n) is 0.338. The van der Waals surface area contributed by atoms with Crippen molar-refractivity contribution in [3.63, 3.8) is 0 Å². The van der Waals surface area contributed by atoms with Crippen LogP contribution < -0.4 is 0 Å². The normalized spacial score (nSPS) is 8.40. The third-order valence-corrected chi connectivity index (χ3v) is 0.895. The van der Waals surface area contributed by atoms with Crippen LogP contribution >= 0.6 is 0 Å². The summed E-state index contributed by atoms with van der Waals surface area (Å²) in [5.41, 5.74) is 0. The first-order valence-corrected chi connectivity index (χ1v) is 3.97. The van der Waals surface area contributed by atoms with Crippen molar-refractivity contribution in [1.29, 1.82) is 0 Å². The lowest BCUT2D eigenvalue weighted by Gasteiger charge is -1.86. The Balaban J connectivity index is 0. The molecule has 0 aliphatic heterocycles. The van der Waals surface area contributed by atoms with Crippen molar-refractivity contribution in [3.05, 3.63) is 0 Å². The largest absolute Gasteiger partial charge is 0.382 e. The molecule has 0 bridgehead atoms. The quantitative estimate of drug-likeness (QED) is 0.598. The van der Waals surface area contributed by atoms with Crippen molar-refractivity contribution < 1.29 is 9.13 Å². The molecule has 0 radical (unpaired) electrons. The lowest BCUT2D eigenvalue weighted by atomic mass is 10.4. The predicted molar refractivity (Wildman–Crippen MR) is 43.1 cm³/mol. The second-order valence-corrected chi connectivity index (χ2v) is 1.82. The van der Waals surface area contributed by atoms with Crippen LogP contribution in [0.1, 0.15) is 33.6 Å². The van der Waals surface area contributed by atoms with Gasteiger partial charge in [-0.15, -0.1) is 0 Å². The smallest absolute Gasteiger partial charge is 0.0894 e. The Labute approximate surface area is 63.6 Å². The molecule has 0 aliphatic carbocycles. The van der Waals surface area contributed by atoms with Crippen LogP contribution in [0.3, 0.4) is 0 Å². The maximum absolute atomic E-state index is 11.0. The lowest BCUT2D eigenvalue weighted by molar-refractivity contribution is 0.162. The van der Waals surface area contributed by atoms with Crippen molar-refractivity contribution in [2.75, 3.05) is 19.9 Å². The summed E-state index contributed by atoms with van der Waals surface area (Å²) >= 11 is 0. The Morgan fingerprint density at radius 1 is 1.10 bits per heavy atom. The summed E-state index contributed by atoms with van der Waals surface area (Å²) in [5, 5.41) is 0. The van der Waals surface area contributed by atoms with Gasteiger partial charge in [-0.05, 0) is 20.3 Å². The molecule has 0 aromatic rings. The van der Waals surface area contributed by atoms with Crippen molar-refractivity contribution >= 4 is 0 Å². The molecule has 0 N–H and O–H groups in total. The number of hydrogen-bond donors (Lipinski definition) is 0. The maximum atomic E-state index is 11.0. The molecule has 0 unspecified atom stereocenters. The highest BCUT2D eigenvalue weighted by atomic mass is 19.1. The number of ether oxygens (including phenoxy) is 1. The van der Waals surface area contributed by atoms with Crippen molar-refractivity contribution in [2.24, 2.45) is 0 Å². The second-order valence-electron chi connectivity index (χ2n) is 1.82. The minimum Gasteiger partial charge on any atom is -0.382 e. The van der Waals surface area contributed by atoms with E-state index in [-0.39, 0.29) is 6.67 Å². The Morgan fingerprint density at radius 3 is 1.60 bits per heavy atom. The molecule has 0 spiro atoms. The van der Waals surface area contributed by atoms with Gasteiger partial charge in [0.2, 0.25) is 0 Å².